The average Bonchev–Trinajstić information content (AvgIpc) is 2.70. The van der Waals surface area contributed by atoms with Gasteiger partial charge >= 0.3 is 6.09 Å². The van der Waals surface area contributed by atoms with Crippen LogP contribution in [0.3, 0.4) is 0 Å². The van der Waals surface area contributed by atoms with Gasteiger partial charge in [0.25, 0.3) is 0 Å². The number of amides is 1. The van der Waals surface area contributed by atoms with E-state index >= 15 is 0 Å². The lowest BCUT2D eigenvalue weighted by atomic mass is 9.74. The van der Waals surface area contributed by atoms with Crippen LogP contribution in [0.25, 0.3) is 0 Å². The number of carbonyl (C=O) groups is 1. The van der Waals surface area contributed by atoms with Crippen LogP contribution in [-0.4, -0.2) is 23.3 Å². The topological polar surface area (TPSA) is 58.6 Å². The highest BCUT2D eigenvalue weighted by molar-refractivity contribution is 5.70. The molecule has 1 fully saturated rings. The van der Waals surface area contributed by atoms with E-state index in [0.29, 0.717) is 18.3 Å². The maximum Gasteiger partial charge on any atom is 0.407 e. The number of benzene rings is 1. The molecule has 2 unspecified atom stereocenters. The number of phenols is 1. The van der Waals surface area contributed by atoms with Crippen LogP contribution in [0, 0.1) is 5.92 Å². The molecule has 1 aliphatic heterocycles. The van der Waals surface area contributed by atoms with Crippen LogP contribution in [0.4, 0.5) is 4.79 Å². The van der Waals surface area contributed by atoms with Crippen molar-refractivity contribution in [2.75, 3.05) is 6.61 Å². The largest absolute Gasteiger partial charge is 0.508 e. The first kappa shape index (κ1) is 11.4. The van der Waals surface area contributed by atoms with Gasteiger partial charge in [0.05, 0.1) is 5.54 Å². The van der Waals surface area contributed by atoms with Crippen LogP contribution in [0.15, 0.2) is 18.2 Å². The number of fused-ring (bicyclic) bond motifs is 1. The molecule has 4 nitrogen and oxygen atoms in total. The first-order valence-corrected chi connectivity index (χ1v) is 6.32. The Labute approximate surface area is 106 Å². The first-order valence-electron chi connectivity index (χ1n) is 6.32. The van der Waals surface area contributed by atoms with E-state index in [9.17, 15) is 9.90 Å². The van der Waals surface area contributed by atoms with Crippen LogP contribution in [0.5, 0.6) is 5.75 Å². The number of hydrogen-bond donors (Lipinski definition) is 2. The normalized spacial score (nSPS) is 30.5. The van der Waals surface area contributed by atoms with E-state index in [2.05, 4.69) is 5.32 Å². The van der Waals surface area contributed by atoms with Crippen molar-refractivity contribution in [3.8, 4) is 5.75 Å². The number of alkyl carbamates (subject to hydrolysis) is 1. The molecule has 0 spiro atoms. The molecule has 1 aromatic carbocycles. The average molecular weight is 247 g/mol. The van der Waals surface area contributed by atoms with Gasteiger partial charge in [-0.25, -0.2) is 4.79 Å². The highest BCUT2D eigenvalue weighted by atomic mass is 16.6. The Bertz CT molecular complexity index is 500. The summed E-state index contributed by atoms with van der Waals surface area (Å²) in [6.07, 6.45) is 2.57. The van der Waals surface area contributed by atoms with E-state index in [-0.39, 0.29) is 11.6 Å². The summed E-state index contributed by atoms with van der Waals surface area (Å²) in [6.45, 7) is 2.50. The number of aromatic hydroxyl groups is 1. The van der Waals surface area contributed by atoms with Crippen LogP contribution < -0.4 is 5.32 Å². The zero-order valence-corrected chi connectivity index (χ0v) is 10.4. The molecule has 1 aromatic rings. The molecule has 0 bridgehead atoms. The summed E-state index contributed by atoms with van der Waals surface area (Å²) in [5, 5.41) is 12.4. The summed E-state index contributed by atoms with van der Waals surface area (Å²) in [5.41, 5.74) is 2.23. The number of carbonyl (C=O) groups excluding carboxylic acids is 1. The third kappa shape index (κ3) is 1.82. The molecule has 2 aliphatic rings. The SMILES string of the molecule is CC1(C2CCc3cc(O)ccc3C2)COC(=O)N1. The maximum atomic E-state index is 11.2. The lowest BCUT2D eigenvalue weighted by Crippen LogP contribution is -2.49. The van der Waals surface area contributed by atoms with Gasteiger partial charge in [0.2, 0.25) is 0 Å². The molecule has 1 saturated heterocycles. The van der Waals surface area contributed by atoms with Gasteiger partial charge in [-0.1, -0.05) is 6.07 Å². The van der Waals surface area contributed by atoms with E-state index in [1.807, 2.05) is 19.1 Å². The van der Waals surface area contributed by atoms with Crippen molar-refractivity contribution >= 4 is 6.09 Å². The van der Waals surface area contributed by atoms with E-state index in [1.165, 1.54) is 11.1 Å². The van der Waals surface area contributed by atoms with Gasteiger partial charge in [-0.05, 0) is 55.4 Å². The number of ether oxygens (including phenoxy) is 1. The lowest BCUT2D eigenvalue weighted by molar-refractivity contribution is 0.161. The molecule has 0 saturated carbocycles. The first-order chi connectivity index (χ1) is 8.57. The van der Waals surface area contributed by atoms with Crippen molar-refractivity contribution in [1.82, 2.24) is 5.32 Å². The molecule has 2 atom stereocenters. The molecule has 18 heavy (non-hydrogen) atoms. The number of cyclic esters (lactones) is 1. The minimum Gasteiger partial charge on any atom is -0.508 e. The molecule has 1 amide bonds. The van der Waals surface area contributed by atoms with Gasteiger partial charge < -0.3 is 15.2 Å². The maximum absolute atomic E-state index is 11.2. The lowest BCUT2D eigenvalue weighted by Gasteiger charge is -2.35. The Morgan fingerprint density at radius 3 is 3.00 bits per heavy atom. The van der Waals surface area contributed by atoms with Crippen LogP contribution in [0.1, 0.15) is 24.5 Å². The van der Waals surface area contributed by atoms with Crippen molar-refractivity contribution in [3.05, 3.63) is 29.3 Å². The predicted molar refractivity (Wildman–Crippen MR) is 66.5 cm³/mol. The number of nitrogens with one attached hydrogen (secondary N) is 1. The van der Waals surface area contributed by atoms with Gasteiger partial charge in [-0.15, -0.1) is 0 Å². The zero-order valence-electron chi connectivity index (χ0n) is 10.4. The van der Waals surface area contributed by atoms with Crippen LogP contribution in [0.2, 0.25) is 0 Å². The second-order valence-electron chi connectivity index (χ2n) is 5.51. The zero-order chi connectivity index (χ0) is 12.8. The van der Waals surface area contributed by atoms with E-state index in [1.54, 1.807) is 6.07 Å². The molecule has 1 heterocycles. The fourth-order valence-corrected chi connectivity index (χ4v) is 3.03. The Kier molecular flexibility index (Phi) is 2.47. The predicted octanol–water partition coefficient (Wildman–Crippen LogP) is 2.00. The molecular weight excluding hydrogens is 230 g/mol. The number of aryl methyl sites for hydroxylation is 1. The van der Waals surface area contributed by atoms with Gasteiger partial charge in [0.1, 0.15) is 12.4 Å². The van der Waals surface area contributed by atoms with Crippen LogP contribution >= 0.6 is 0 Å². The highest BCUT2D eigenvalue weighted by Gasteiger charge is 2.42. The highest BCUT2D eigenvalue weighted by Crippen LogP contribution is 2.35. The number of rotatable bonds is 1. The fourth-order valence-electron chi connectivity index (χ4n) is 3.03. The fraction of sp³-hybridized carbons (Fsp3) is 0.500. The molecule has 2 N–H and O–H groups in total. The summed E-state index contributed by atoms with van der Waals surface area (Å²) in [7, 11) is 0. The van der Waals surface area contributed by atoms with E-state index in [0.717, 1.165) is 19.3 Å². The smallest absolute Gasteiger partial charge is 0.407 e. The van der Waals surface area contributed by atoms with Crippen LogP contribution in [-0.2, 0) is 17.6 Å². The minimum atomic E-state index is -0.311. The summed E-state index contributed by atoms with van der Waals surface area (Å²) >= 11 is 0. The molecule has 96 valence electrons. The van der Waals surface area contributed by atoms with Crippen molar-refractivity contribution in [3.63, 3.8) is 0 Å². The molecule has 4 heteroatoms. The Balaban J connectivity index is 1.83. The van der Waals surface area contributed by atoms with Gasteiger partial charge in [0, 0.05) is 0 Å². The quantitative estimate of drug-likeness (QED) is 0.798. The van der Waals surface area contributed by atoms with Gasteiger partial charge in [-0.2, -0.15) is 0 Å². The second kappa shape index (κ2) is 3.90. The van der Waals surface area contributed by atoms with E-state index < -0.39 is 0 Å². The Morgan fingerprint density at radius 1 is 1.44 bits per heavy atom. The molecule has 0 radical (unpaired) electrons. The third-order valence-electron chi connectivity index (χ3n) is 4.21. The van der Waals surface area contributed by atoms with Gasteiger partial charge in [-0.3, -0.25) is 0 Å². The number of hydrogen-bond acceptors (Lipinski definition) is 3. The molecule has 1 aliphatic carbocycles. The van der Waals surface area contributed by atoms with Crippen molar-refractivity contribution in [2.45, 2.75) is 31.7 Å². The van der Waals surface area contributed by atoms with E-state index in [4.69, 9.17) is 4.74 Å². The third-order valence-corrected chi connectivity index (χ3v) is 4.21. The van der Waals surface area contributed by atoms with Crippen molar-refractivity contribution < 1.29 is 14.6 Å². The number of phenolic OH excluding ortho intramolecular Hbond substituents is 1. The molecule has 0 aromatic heterocycles. The second-order valence-corrected chi connectivity index (χ2v) is 5.51. The Hall–Kier alpha value is -1.71. The summed E-state index contributed by atoms with van der Waals surface area (Å²) in [4.78, 5) is 11.2. The standard InChI is InChI=1S/C14H17NO3/c1-14(8-18-13(17)15-14)11-4-2-10-7-12(16)5-3-9(10)6-11/h3,5,7,11,16H,2,4,6,8H2,1H3,(H,15,17). The van der Waals surface area contributed by atoms with Gasteiger partial charge in [0.15, 0.2) is 0 Å². The Morgan fingerprint density at radius 2 is 2.28 bits per heavy atom. The molecular formula is C14H17NO3. The summed E-state index contributed by atoms with van der Waals surface area (Å²) in [6, 6.07) is 5.56. The summed E-state index contributed by atoms with van der Waals surface area (Å²) < 4.78 is 5.04. The monoisotopic (exact) mass is 247 g/mol. The summed E-state index contributed by atoms with van der Waals surface area (Å²) in [5.74, 6) is 0.719. The molecule has 3 rings (SSSR count). The minimum absolute atomic E-state index is 0.257. The van der Waals surface area contributed by atoms with Crippen molar-refractivity contribution in [1.29, 1.82) is 0 Å². The van der Waals surface area contributed by atoms with Crippen molar-refractivity contribution in [2.24, 2.45) is 5.92 Å².